The lowest BCUT2D eigenvalue weighted by Gasteiger charge is -2.61. The highest BCUT2D eigenvalue weighted by atomic mass is 16.4. The Morgan fingerprint density at radius 2 is 1.77 bits per heavy atom. The van der Waals surface area contributed by atoms with Crippen molar-refractivity contribution in [2.45, 2.75) is 106 Å². The highest BCUT2D eigenvalue weighted by molar-refractivity contribution is 5.71. The van der Waals surface area contributed by atoms with Crippen molar-refractivity contribution in [1.82, 2.24) is 0 Å². The Morgan fingerprint density at radius 3 is 2.37 bits per heavy atom. The zero-order valence-electron chi connectivity index (χ0n) is 23.0. The molecule has 35 heavy (non-hydrogen) atoms. The van der Waals surface area contributed by atoms with Gasteiger partial charge in [-0.1, -0.05) is 72.8 Å². The summed E-state index contributed by atoms with van der Waals surface area (Å²) in [6, 6.07) is 0. The highest BCUT2D eigenvalue weighted by Crippen LogP contribution is 2.71. The fourth-order valence-electron chi connectivity index (χ4n) is 8.90. The molecule has 0 radical (unpaired) electrons. The van der Waals surface area contributed by atoms with Crippen molar-refractivity contribution in [3.63, 3.8) is 0 Å². The van der Waals surface area contributed by atoms with Crippen LogP contribution >= 0.6 is 0 Å². The Balaban J connectivity index is 1.72. The van der Waals surface area contributed by atoms with E-state index in [0.29, 0.717) is 31.1 Å². The van der Waals surface area contributed by atoms with E-state index in [2.05, 4.69) is 67.2 Å². The van der Waals surface area contributed by atoms with Gasteiger partial charge < -0.3 is 15.3 Å². The van der Waals surface area contributed by atoms with Crippen LogP contribution < -0.4 is 0 Å². The molecule has 4 nitrogen and oxygen atoms in total. The Bertz CT molecular complexity index is 957. The molecule has 0 saturated heterocycles. The molecule has 4 heteroatoms. The fraction of sp³-hybridized carbons (Fsp3) is 0.774. The van der Waals surface area contributed by atoms with E-state index >= 15 is 0 Å². The summed E-state index contributed by atoms with van der Waals surface area (Å²) in [4.78, 5) is 12.6. The molecule has 3 N–H and O–H groups in total. The lowest BCUT2D eigenvalue weighted by Crippen LogP contribution is -2.54. The third kappa shape index (κ3) is 3.72. The first-order valence-corrected chi connectivity index (χ1v) is 13.8. The number of carboxylic acids is 1. The third-order valence-corrected chi connectivity index (χ3v) is 11.6. The van der Waals surface area contributed by atoms with Gasteiger partial charge >= 0.3 is 5.97 Å². The molecule has 2 saturated carbocycles. The molecule has 2 fully saturated rings. The molecule has 8 atom stereocenters. The van der Waals surface area contributed by atoms with Crippen molar-refractivity contribution in [3.05, 3.63) is 35.5 Å². The molecule has 4 rings (SSSR count). The SMILES string of the molecule is C=C(CC[C@@H](C(=O)O)[C@H]1[C@H](O)C[C@@]2(C)C3=CC[C@H]4C(C)(C)C(O)CC[C@]4(C)C3=CC[C@]12C)C(C)C. The summed E-state index contributed by atoms with van der Waals surface area (Å²) >= 11 is 0. The second-order valence-corrected chi connectivity index (χ2v) is 13.9. The number of hydrogen-bond donors (Lipinski definition) is 3. The largest absolute Gasteiger partial charge is 0.481 e. The number of aliphatic carboxylic acids is 1. The second-order valence-electron chi connectivity index (χ2n) is 13.9. The number of allylic oxidation sites excluding steroid dienone is 5. The molecule has 4 aliphatic rings. The highest BCUT2D eigenvalue weighted by Gasteiger charge is 2.66. The number of hydrogen-bond acceptors (Lipinski definition) is 3. The molecule has 4 aliphatic carbocycles. The van der Waals surface area contributed by atoms with E-state index in [-0.39, 0.29) is 33.7 Å². The molecule has 0 aromatic carbocycles. The van der Waals surface area contributed by atoms with Crippen molar-refractivity contribution in [1.29, 1.82) is 0 Å². The zero-order chi connectivity index (χ0) is 26.1. The number of aliphatic hydroxyl groups is 2. The van der Waals surface area contributed by atoms with Crippen LogP contribution in [0.3, 0.4) is 0 Å². The molecule has 196 valence electrons. The van der Waals surface area contributed by atoms with Gasteiger partial charge in [-0.3, -0.25) is 4.79 Å². The van der Waals surface area contributed by atoms with Crippen molar-refractivity contribution in [2.24, 2.45) is 45.3 Å². The minimum absolute atomic E-state index is 0.00139. The predicted molar refractivity (Wildman–Crippen MR) is 141 cm³/mol. The maximum Gasteiger partial charge on any atom is 0.306 e. The van der Waals surface area contributed by atoms with Crippen LogP contribution in [-0.2, 0) is 4.79 Å². The molecular formula is C31H48O4. The number of carbonyl (C=O) groups is 1. The standard InChI is InChI=1S/C31H48O4/c1-18(2)19(3)9-10-20(27(34)35)26-23(32)17-31(8)22-11-12-24-28(4,5)25(33)14-15-29(24,6)21(22)13-16-30(26,31)7/h11,13,18,20,23-26,32-33H,3,9-10,12,14-17H2,1-2,4-8H3,(H,34,35)/t20-,23-,24+,25?,26+,29-,30-,31+/m1/s1. The molecular weight excluding hydrogens is 436 g/mol. The van der Waals surface area contributed by atoms with Crippen LogP contribution in [0.15, 0.2) is 35.5 Å². The predicted octanol–water partition coefficient (Wildman–Crippen LogP) is 6.54. The minimum Gasteiger partial charge on any atom is -0.481 e. The van der Waals surface area contributed by atoms with Crippen molar-refractivity contribution in [3.8, 4) is 0 Å². The summed E-state index contributed by atoms with van der Waals surface area (Å²) in [7, 11) is 0. The van der Waals surface area contributed by atoms with Crippen LogP contribution in [-0.4, -0.2) is 33.5 Å². The van der Waals surface area contributed by atoms with Gasteiger partial charge in [0.25, 0.3) is 0 Å². The summed E-state index contributed by atoms with van der Waals surface area (Å²) in [5.74, 6) is -0.966. The van der Waals surface area contributed by atoms with Crippen LogP contribution in [0, 0.1) is 45.3 Å². The average molecular weight is 485 g/mol. The molecule has 0 bridgehead atoms. The van der Waals surface area contributed by atoms with E-state index in [4.69, 9.17) is 0 Å². The van der Waals surface area contributed by atoms with Gasteiger partial charge in [0.15, 0.2) is 0 Å². The molecule has 0 heterocycles. The van der Waals surface area contributed by atoms with Crippen LogP contribution in [0.5, 0.6) is 0 Å². The normalized spacial score (nSPS) is 42.9. The maximum atomic E-state index is 12.6. The lowest BCUT2D eigenvalue weighted by molar-refractivity contribution is -0.148. The smallest absolute Gasteiger partial charge is 0.306 e. The maximum absolute atomic E-state index is 12.6. The Labute approximate surface area is 212 Å². The first kappa shape index (κ1) is 26.7. The van der Waals surface area contributed by atoms with Gasteiger partial charge in [0.2, 0.25) is 0 Å². The number of carboxylic acid groups (broad SMARTS) is 1. The van der Waals surface area contributed by atoms with Crippen molar-refractivity contribution >= 4 is 5.97 Å². The zero-order valence-corrected chi connectivity index (χ0v) is 23.0. The Morgan fingerprint density at radius 1 is 1.11 bits per heavy atom. The van der Waals surface area contributed by atoms with Gasteiger partial charge in [0.05, 0.1) is 18.1 Å². The summed E-state index contributed by atoms with van der Waals surface area (Å²) in [5, 5.41) is 32.6. The van der Waals surface area contributed by atoms with E-state index < -0.39 is 18.0 Å². The van der Waals surface area contributed by atoms with Crippen LogP contribution in [0.2, 0.25) is 0 Å². The van der Waals surface area contributed by atoms with Crippen molar-refractivity contribution in [2.75, 3.05) is 0 Å². The van der Waals surface area contributed by atoms with Gasteiger partial charge in [0.1, 0.15) is 0 Å². The molecule has 0 aromatic rings. The first-order valence-electron chi connectivity index (χ1n) is 13.8. The topological polar surface area (TPSA) is 77.8 Å². The average Bonchev–Trinajstić information content (AvgIpc) is 2.97. The van der Waals surface area contributed by atoms with Gasteiger partial charge in [-0.2, -0.15) is 0 Å². The van der Waals surface area contributed by atoms with E-state index in [1.165, 1.54) is 11.1 Å². The summed E-state index contributed by atoms with van der Waals surface area (Å²) in [5.41, 5.74) is 3.09. The number of fused-ring (bicyclic) bond motifs is 5. The first-order chi connectivity index (χ1) is 16.1. The summed E-state index contributed by atoms with van der Waals surface area (Å²) < 4.78 is 0. The van der Waals surface area contributed by atoms with E-state index in [1.54, 1.807) is 0 Å². The van der Waals surface area contributed by atoms with Crippen molar-refractivity contribution < 1.29 is 20.1 Å². The summed E-state index contributed by atoms with van der Waals surface area (Å²) in [6.45, 7) is 19.7. The molecule has 0 aliphatic heterocycles. The minimum atomic E-state index is -0.793. The van der Waals surface area contributed by atoms with Crippen LogP contribution in [0.1, 0.15) is 93.4 Å². The van der Waals surface area contributed by atoms with Gasteiger partial charge in [-0.15, -0.1) is 0 Å². The fourth-order valence-corrected chi connectivity index (χ4v) is 8.90. The Kier molecular flexibility index (Phi) is 6.54. The van der Waals surface area contributed by atoms with Gasteiger partial charge in [-0.25, -0.2) is 0 Å². The van der Waals surface area contributed by atoms with Crippen LogP contribution in [0.4, 0.5) is 0 Å². The van der Waals surface area contributed by atoms with E-state index in [9.17, 15) is 20.1 Å². The summed E-state index contributed by atoms with van der Waals surface area (Å²) in [6.07, 6.45) is 9.19. The number of aliphatic hydroxyl groups excluding tert-OH is 2. The van der Waals surface area contributed by atoms with E-state index in [0.717, 1.165) is 31.3 Å². The van der Waals surface area contributed by atoms with Crippen LogP contribution in [0.25, 0.3) is 0 Å². The van der Waals surface area contributed by atoms with E-state index in [1.807, 2.05) is 0 Å². The molecule has 0 spiro atoms. The van der Waals surface area contributed by atoms with Gasteiger partial charge in [0, 0.05) is 11.3 Å². The second kappa shape index (κ2) is 8.58. The monoisotopic (exact) mass is 484 g/mol. The van der Waals surface area contributed by atoms with Gasteiger partial charge in [-0.05, 0) is 84.2 Å². The molecule has 0 amide bonds. The lowest BCUT2D eigenvalue weighted by atomic mass is 9.44. The Hall–Kier alpha value is -1.39. The number of rotatable bonds is 6. The molecule has 0 aromatic heterocycles. The quantitative estimate of drug-likeness (QED) is 0.374. The third-order valence-electron chi connectivity index (χ3n) is 11.6. The molecule has 1 unspecified atom stereocenters.